The van der Waals surface area contributed by atoms with Crippen molar-refractivity contribution in [1.82, 2.24) is 5.16 Å². The number of rotatable bonds is 5. The van der Waals surface area contributed by atoms with Crippen LogP contribution in [0.15, 0.2) is 65.4 Å². The van der Waals surface area contributed by atoms with Gasteiger partial charge in [-0.25, -0.2) is 0 Å². The highest BCUT2D eigenvalue weighted by Crippen LogP contribution is 2.45. The van der Waals surface area contributed by atoms with Crippen molar-refractivity contribution in [2.45, 2.75) is 26.8 Å². The van der Waals surface area contributed by atoms with Gasteiger partial charge in [-0.05, 0) is 18.2 Å². The Labute approximate surface area is 186 Å². The predicted octanol–water partition coefficient (Wildman–Crippen LogP) is 4.24. The zero-order valence-corrected chi connectivity index (χ0v) is 18.4. The molecule has 1 aliphatic rings. The number of para-hydroxylation sites is 1. The average molecular weight is 432 g/mol. The first-order valence-corrected chi connectivity index (χ1v) is 10.3. The van der Waals surface area contributed by atoms with Gasteiger partial charge in [-0.1, -0.05) is 56.3 Å². The highest BCUT2D eigenvalue weighted by atomic mass is 16.5. The number of carbonyl (C=O) groups excluding carboxylic acids is 3. The molecule has 0 saturated carbocycles. The summed E-state index contributed by atoms with van der Waals surface area (Å²) in [6.45, 7) is 5.26. The Bertz CT molecular complexity index is 1160. The van der Waals surface area contributed by atoms with Gasteiger partial charge in [0.2, 0.25) is 5.78 Å². The SMILES string of the molecule is COc1ccccc1[C@H]1C(C(=O)C(C)(C)C)C(=O)C(=O)N1c1ccc(-c2ccon2)cc1. The number of hydrogen-bond acceptors (Lipinski definition) is 6. The lowest BCUT2D eigenvalue weighted by atomic mass is 9.77. The number of methoxy groups -OCH3 is 1. The maximum atomic E-state index is 13.3. The van der Waals surface area contributed by atoms with Gasteiger partial charge in [0, 0.05) is 28.3 Å². The van der Waals surface area contributed by atoms with Gasteiger partial charge in [-0.15, -0.1) is 0 Å². The number of benzene rings is 2. The minimum atomic E-state index is -1.13. The third-order valence-electron chi connectivity index (χ3n) is 5.66. The van der Waals surface area contributed by atoms with E-state index < -0.39 is 29.1 Å². The molecule has 1 aromatic heterocycles. The van der Waals surface area contributed by atoms with E-state index in [0.29, 0.717) is 22.7 Å². The zero-order valence-electron chi connectivity index (χ0n) is 18.4. The molecule has 2 atom stereocenters. The van der Waals surface area contributed by atoms with Gasteiger partial charge in [-0.3, -0.25) is 19.3 Å². The summed E-state index contributed by atoms with van der Waals surface area (Å²) in [4.78, 5) is 41.1. The van der Waals surface area contributed by atoms with Gasteiger partial charge in [-0.2, -0.15) is 0 Å². The number of carbonyl (C=O) groups is 3. The van der Waals surface area contributed by atoms with Gasteiger partial charge in [0.05, 0.1) is 13.2 Å². The van der Waals surface area contributed by atoms with Crippen LogP contribution in [0.25, 0.3) is 11.3 Å². The van der Waals surface area contributed by atoms with Crippen LogP contribution >= 0.6 is 0 Å². The number of nitrogens with zero attached hydrogens (tertiary/aromatic N) is 2. The highest BCUT2D eigenvalue weighted by molar-refractivity contribution is 6.48. The van der Waals surface area contributed by atoms with Crippen LogP contribution < -0.4 is 9.64 Å². The van der Waals surface area contributed by atoms with Crippen molar-refractivity contribution in [3.8, 4) is 17.0 Å². The lowest BCUT2D eigenvalue weighted by Gasteiger charge is -2.30. The van der Waals surface area contributed by atoms with Gasteiger partial charge >= 0.3 is 0 Å². The Morgan fingerprint density at radius 3 is 2.31 bits per heavy atom. The van der Waals surface area contributed by atoms with E-state index in [1.54, 1.807) is 75.4 Å². The van der Waals surface area contributed by atoms with E-state index in [4.69, 9.17) is 9.26 Å². The number of Topliss-reactive ketones (excluding diaryl/α,β-unsaturated/α-hetero) is 2. The Hall–Kier alpha value is -3.74. The first-order valence-electron chi connectivity index (χ1n) is 10.3. The molecule has 2 heterocycles. The van der Waals surface area contributed by atoms with Crippen molar-refractivity contribution >= 4 is 23.2 Å². The summed E-state index contributed by atoms with van der Waals surface area (Å²) in [6, 6.07) is 15.1. The molecule has 164 valence electrons. The van der Waals surface area contributed by atoms with E-state index >= 15 is 0 Å². The fraction of sp³-hybridized carbons (Fsp3) is 0.280. The molecule has 0 N–H and O–H groups in total. The van der Waals surface area contributed by atoms with Gasteiger partial charge in [0.15, 0.2) is 5.78 Å². The second kappa shape index (κ2) is 8.07. The number of aromatic nitrogens is 1. The Morgan fingerprint density at radius 1 is 1.03 bits per heavy atom. The van der Waals surface area contributed by atoms with Crippen molar-refractivity contribution in [2.24, 2.45) is 11.3 Å². The molecule has 1 unspecified atom stereocenters. The van der Waals surface area contributed by atoms with Crippen LogP contribution in [0.2, 0.25) is 0 Å². The molecular formula is C25H24N2O5. The Balaban J connectivity index is 1.85. The second-order valence-electron chi connectivity index (χ2n) is 8.75. The summed E-state index contributed by atoms with van der Waals surface area (Å²) < 4.78 is 10.4. The van der Waals surface area contributed by atoms with E-state index in [9.17, 15) is 14.4 Å². The summed E-state index contributed by atoms with van der Waals surface area (Å²) in [5, 5.41) is 3.92. The average Bonchev–Trinajstić information content (AvgIpc) is 3.40. The van der Waals surface area contributed by atoms with Crippen molar-refractivity contribution in [2.75, 3.05) is 12.0 Å². The largest absolute Gasteiger partial charge is 0.496 e. The quantitative estimate of drug-likeness (QED) is 0.443. The Kier molecular flexibility index (Phi) is 5.42. The van der Waals surface area contributed by atoms with Gasteiger partial charge < -0.3 is 9.26 Å². The van der Waals surface area contributed by atoms with Gasteiger partial charge in [0.1, 0.15) is 23.6 Å². The lowest BCUT2D eigenvalue weighted by molar-refractivity contribution is -0.141. The first kappa shape index (κ1) is 21.5. The third kappa shape index (κ3) is 3.60. The molecule has 0 bridgehead atoms. The van der Waals surface area contributed by atoms with Crippen molar-refractivity contribution < 1.29 is 23.6 Å². The second-order valence-corrected chi connectivity index (χ2v) is 8.75. The maximum Gasteiger partial charge on any atom is 0.295 e. The van der Waals surface area contributed by atoms with Crippen molar-refractivity contribution in [1.29, 1.82) is 0 Å². The predicted molar refractivity (Wildman–Crippen MR) is 118 cm³/mol. The molecule has 32 heavy (non-hydrogen) atoms. The number of hydrogen-bond donors (Lipinski definition) is 0. The van der Waals surface area contributed by atoms with Crippen LogP contribution in [0, 0.1) is 11.3 Å². The molecule has 1 fully saturated rings. The molecule has 0 spiro atoms. The highest BCUT2D eigenvalue weighted by Gasteiger charge is 2.54. The van der Waals surface area contributed by atoms with E-state index in [2.05, 4.69) is 5.16 Å². The molecule has 2 aromatic carbocycles. The standard InChI is InChI=1S/C25H24N2O5/c1-25(2,3)23(29)20-21(17-7-5-6-8-19(17)31-4)27(24(30)22(20)28)16-11-9-15(10-12-16)18-13-14-32-26-18/h5-14,20-21H,1-4H3/t20?,21-/m0/s1. The monoisotopic (exact) mass is 432 g/mol. The summed E-state index contributed by atoms with van der Waals surface area (Å²) in [7, 11) is 1.52. The lowest BCUT2D eigenvalue weighted by Crippen LogP contribution is -2.36. The van der Waals surface area contributed by atoms with Crippen LogP contribution in [0.3, 0.4) is 0 Å². The molecule has 1 saturated heterocycles. The number of anilines is 1. The summed E-state index contributed by atoms with van der Waals surface area (Å²) in [5.41, 5.74) is 1.78. The first-order chi connectivity index (χ1) is 15.2. The number of ether oxygens (including phenoxy) is 1. The minimum absolute atomic E-state index is 0.284. The molecule has 1 amide bonds. The van der Waals surface area contributed by atoms with E-state index in [0.717, 1.165) is 5.56 Å². The van der Waals surface area contributed by atoms with Crippen molar-refractivity contribution in [3.05, 3.63) is 66.4 Å². The molecule has 7 nitrogen and oxygen atoms in total. The molecule has 0 aliphatic carbocycles. The number of ketones is 2. The number of amides is 1. The molecule has 4 rings (SSSR count). The summed E-state index contributed by atoms with van der Waals surface area (Å²) in [5.74, 6) is -2.32. The molecule has 0 radical (unpaired) electrons. The zero-order chi connectivity index (χ0) is 23.0. The van der Waals surface area contributed by atoms with Gasteiger partial charge in [0.25, 0.3) is 5.91 Å². The fourth-order valence-corrected chi connectivity index (χ4v) is 4.06. The van der Waals surface area contributed by atoms with E-state index in [1.807, 2.05) is 0 Å². The van der Waals surface area contributed by atoms with Crippen LogP contribution in [0.4, 0.5) is 5.69 Å². The van der Waals surface area contributed by atoms with Crippen LogP contribution in [-0.2, 0) is 14.4 Å². The normalized spacial score (nSPS) is 18.8. The fourth-order valence-electron chi connectivity index (χ4n) is 4.06. The minimum Gasteiger partial charge on any atom is -0.496 e. The molecule has 3 aromatic rings. The molecular weight excluding hydrogens is 408 g/mol. The van der Waals surface area contributed by atoms with Crippen molar-refractivity contribution in [3.63, 3.8) is 0 Å². The maximum absolute atomic E-state index is 13.3. The van der Waals surface area contributed by atoms with Crippen LogP contribution in [-0.4, -0.2) is 29.7 Å². The summed E-state index contributed by atoms with van der Waals surface area (Å²) in [6.07, 6.45) is 1.48. The molecule has 7 heteroatoms. The van der Waals surface area contributed by atoms with Crippen LogP contribution in [0.1, 0.15) is 32.4 Å². The van der Waals surface area contributed by atoms with Crippen LogP contribution in [0.5, 0.6) is 5.75 Å². The third-order valence-corrected chi connectivity index (χ3v) is 5.66. The smallest absolute Gasteiger partial charge is 0.295 e. The van der Waals surface area contributed by atoms with E-state index in [-0.39, 0.29) is 5.78 Å². The molecule has 1 aliphatic heterocycles. The topological polar surface area (TPSA) is 89.7 Å². The Morgan fingerprint density at radius 2 is 1.72 bits per heavy atom. The van der Waals surface area contributed by atoms with E-state index in [1.165, 1.54) is 18.3 Å². The summed E-state index contributed by atoms with van der Waals surface area (Å²) >= 11 is 0.